The van der Waals surface area contributed by atoms with E-state index in [2.05, 4.69) is 0 Å². The maximum absolute atomic E-state index is 13.4. The van der Waals surface area contributed by atoms with E-state index in [9.17, 15) is 9.59 Å². The Balaban J connectivity index is 1.80. The number of nitrogens with zero attached hydrogens (tertiary/aromatic N) is 2. The van der Waals surface area contributed by atoms with Crippen molar-refractivity contribution in [2.75, 3.05) is 13.1 Å². The Morgan fingerprint density at radius 1 is 0.938 bits per heavy atom. The van der Waals surface area contributed by atoms with Gasteiger partial charge in [0.05, 0.1) is 23.4 Å². The molecule has 3 rings (SSSR count). The van der Waals surface area contributed by atoms with Gasteiger partial charge in [-0.2, -0.15) is 0 Å². The summed E-state index contributed by atoms with van der Waals surface area (Å²) in [6.07, 6.45) is 2.30. The second kappa shape index (κ2) is 10.5. The van der Waals surface area contributed by atoms with Crippen LogP contribution < -0.4 is 0 Å². The first-order valence-electron chi connectivity index (χ1n) is 10.7. The first kappa shape index (κ1) is 23.6. The number of rotatable bonds is 8. The highest BCUT2D eigenvalue weighted by Gasteiger charge is 2.31. The van der Waals surface area contributed by atoms with E-state index in [1.165, 1.54) is 0 Å². The van der Waals surface area contributed by atoms with Gasteiger partial charge in [-0.25, -0.2) is 0 Å². The number of furan rings is 1. The molecule has 0 saturated heterocycles. The molecule has 0 aliphatic carbocycles. The molecule has 5 nitrogen and oxygen atoms in total. The standard InChI is InChI=1S/C26H29ClN2O3/c1-26(2,3)29(25(31)22-13-7-8-14-23(22)27)19-24(30)28(18-21-12-9-17-32-21)16-15-20-10-5-4-6-11-20/h4-14,17H,15-16,18-19H2,1-3H3. The van der Waals surface area contributed by atoms with E-state index in [1.807, 2.05) is 57.2 Å². The number of carbonyl (C=O) groups is 2. The molecule has 6 heteroatoms. The molecule has 0 atom stereocenters. The van der Waals surface area contributed by atoms with Crippen molar-refractivity contribution in [3.63, 3.8) is 0 Å². The maximum Gasteiger partial charge on any atom is 0.256 e. The van der Waals surface area contributed by atoms with E-state index in [4.69, 9.17) is 16.0 Å². The topological polar surface area (TPSA) is 53.8 Å². The van der Waals surface area contributed by atoms with Crippen molar-refractivity contribution in [2.45, 2.75) is 39.3 Å². The van der Waals surface area contributed by atoms with Crippen molar-refractivity contribution in [3.8, 4) is 0 Å². The molecule has 2 aromatic carbocycles. The van der Waals surface area contributed by atoms with E-state index in [1.54, 1.807) is 46.4 Å². The minimum atomic E-state index is -0.568. The van der Waals surface area contributed by atoms with E-state index in [-0.39, 0.29) is 18.4 Å². The van der Waals surface area contributed by atoms with E-state index < -0.39 is 5.54 Å². The third-order valence-electron chi connectivity index (χ3n) is 5.25. The molecule has 0 radical (unpaired) electrons. The zero-order chi connectivity index (χ0) is 23.1. The van der Waals surface area contributed by atoms with Crippen molar-refractivity contribution < 1.29 is 14.0 Å². The predicted molar refractivity (Wildman–Crippen MR) is 127 cm³/mol. The van der Waals surface area contributed by atoms with E-state index >= 15 is 0 Å². The van der Waals surface area contributed by atoms with Crippen LogP contribution in [0.1, 0.15) is 42.5 Å². The van der Waals surface area contributed by atoms with Gasteiger partial charge < -0.3 is 14.2 Å². The van der Waals surface area contributed by atoms with Crippen LogP contribution in [0.2, 0.25) is 5.02 Å². The molecule has 0 bridgehead atoms. The molecule has 1 aromatic heterocycles. The Bertz CT molecular complexity index is 1030. The van der Waals surface area contributed by atoms with Crippen molar-refractivity contribution in [1.82, 2.24) is 9.80 Å². The highest BCUT2D eigenvalue weighted by molar-refractivity contribution is 6.33. The fourth-order valence-electron chi connectivity index (χ4n) is 3.42. The summed E-state index contributed by atoms with van der Waals surface area (Å²) in [6, 6.07) is 20.6. The molecular formula is C26H29ClN2O3. The second-order valence-corrected chi connectivity index (χ2v) is 9.08. The molecule has 0 unspecified atom stereocenters. The monoisotopic (exact) mass is 452 g/mol. The normalized spacial score (nSPS) is 11.2. The highest BCUT2D eigenvalue weighted by Crippen LogP contribution is 2.23. The number of hydrogen-bond donors (Lipinski definition) is 0. The van der Waals surface area contributed by atoms with Gasteiger partial charge in [0.15, 0.2) is 0 Å². The smallest absolute Gasteiger partial charge is 0.256 e. The van der Waals surface area contributed by atoms with Crippen LogP contribution in [0, 0.1) is 0 Å². The van der Waals surface area contributed by atoms with Crippen molar-refractivity contribution in [2.24, 2.45) is 0 Å². The van der Waals surface area contributed by atoms with Crippen molar-refractivity contribution in [1.29, 1.82) is 0 Å². The van der Waals surface area contributed by atoms with Crippen molar-refractivity contribution >= 4 is 23.4 Å². The van der Waals surface area contributed by atoms with Gasteiger partial charge in [0.25, 0.3) is 5.91 Å². The van der Waals surface area contributed by atoms with Crippen LogP contribution in [-0.4, -0.2) is 40.2 Å². The quantitative estimate of drug-likeness (QED) is 0.457. The maximum atomic E-state index is 13.4. The Hall–Kier alpha value is -3.05. The Kier molecular flexibility index (Phi) is 7.75. The van der Waals surface area contributed by atoms with Gasteiger partial charge in [0, 0.05) is 12.1 Å². The summed E-state index contributed by atoms with van der Waals surface area (Å²) in [7, 11) is 0. The van der Waals surface area contributed by atoms with Gasteiger partial charge >= 0.3 is 0 Å². The summed E-state index contributed by atoms with van der Waals surface area (Å²) in [4.78, 5) is 30.1. The number of amides is 2. The first-order chi connectivity index (χ1) is 15.3. The van der Waals surface area contributed by atoms with Crippen LogP contribution in [0.15, 0.2) is 77.4 Å². The van der Waals surface area contributed by atoms with E-state index in [0.717, 1.165) is 5.56 Å². The van der Waals surface area contributed by atoms with Crippen LogP contribution in [0.4, 0.5) is 0 Å². The zero-order valence-electron chi connectivity index (χ0n) is 18.8. The van der Waals surface area contributed by atoms with Gasteiger partial charge in [-0.3, -0.25) is 9.59 Å². The zero-order valence-corrected chi connectivity index (χ0v) is 19.5. The number of halogens is 1. The molecule has 0 saturated carbocycles. The largest absolute Gasteiger partial charge is 0.467 e. The third kappa shape index (κ3) is 6.24. The highest BCUT2D eigenvalue weighted by atomic mass is 35.5. The first-order valence-corrected chi connectivity index (χ1v) is 11.0. The van der Waals surface area contributed by atoms with Crippen LogP contribution >= 0.6 is 11.6 Å². The van der Waals surface area contributed by atoms with Crippen LogP contribution in [0.25, 0.3) is 0 Å². The Morgan fingerprint density at radius 3 is 2.25 bits per heavy atom. The fourth-order valence-corrected chi connectivity index (χ4v) is 3.64. The Labute approximate surface area is 194 Å². The van der Waals surface area contributed by atoms with E-state index in [0.29, 0.717) is 35.9 Å². The molecule has 168 valence electrons. The summed E-state index contributed by atoms with van der Waals surface area (Å²) in [5, 5.41) is 0.371. The van der Waals surface area contributed by atoms with Crippen molar-refractivity contribution in [3.05, 3.63) is 94.9 Å². The molecule has 0 fully saturated rings. The minimum absolute atomic E-state index is 0.0525. The van der Waals surface area contributed by atoms with Crippen LogP contribution in [-0.2, 0) is 17.8 Å². The van der Waals surface area contributed by atoms with Gasteiger partial charge in [-0.15, -0.1) is 0 Å². The minimum Gasteiger partial charge on any atom is -0.467 e. The number of hydrogen-bond acceptors (Lipinski definition) is 3. The molecule has 0 aliphatic heterocycles. The molecule has 2 amide bonds. The fraction of sp³-hybridized carbons (Fsp3) is 0.308. The predicted octanol–water partition coefficient (Wildman–Crippen LogP) is 5.45. The Morgan fingerprint density at radius 2 is 1.62 bits per heavy atom. The van der Waals surface area contributed by atoms with Gasteiger partial charge in [0.2, 0.25) is 5.91 Å². The summed E-state index contributed by atoms with van der Waals surface area (Å²) < 4.78 is 5.48. The lowest BCUT2D eigenvalue weighted by Gasteiger charge is -2.37. The van der Waals surface area contributed by atoms with Gasteiger partial charge in [0.1, 0.15) is 12.3 Å². The summed E-state index contributed by atoms with van der Waals surface area (Å²) in [5.74, 6) is 0.288. The average molecular weight is 453 g/mol. The SMILES string of the molecule is CC(C)(C)N(CC(=O)N(CCc1ccccc1)Cc1ccco1)C(=O)c1ccccc1Cl. The summed E-state index contributed by atoms with van der Waals surface area (Å²) in [6.45, 7) is 6.55. The lowest BCUT2D eigenvalue weighted by atomic mass is 10.0. The molecule has 0 aliphatic rings. The van der Waals surface area contributed by atoms with Gasteiger partial charge in [-0.05, 0) is 57.0 Å². The number of carbonyl (C=O) groups excluding carboxylic acids is 2. The average Bonchev–Trinajstić information content (AvgIpc) is 3.28. The number of benzene rings is 2. The third-order valence-corrected chi connectivity index (χ3v) is 5.57. The van der Waals surface area contributed by atoms with Crippen LogP contribution in [0.5, 0.6) is 0 Å². The second-order valence-electron chi connectivity index (χ2n) is 8.67. The molecule has 1 heterocycles. The lowest BCUT2D eigenvalue weighted by molar-refractivity contribution is -0.133. The van der Waals surface area contributed by atoms with Crippen LogP contribution in [0.3, 0.4) is 0 Å². The molecule has 0 N–H and O–H groups in total. The molecule has 0 spiro atoms. The van der Waals surface area contributed by atoms with Gasteiger partial charge in [-0.1, -0.05) is 54.1 Å². The summed E-state index contributed by atoms with van der Waals surface area (Å²) in [5.41, 5.74) is 0.963. The molecular weight excluding hydrogens is 424 g/mol. The molecule has 3 aromatic rings. The summed E-state index contributed by atoms with van der Waals surface area (Å²) >= 11 is 6.27. The lowest BCUT2D eigenvalue weighted by Crippen LogP contribution is -2.51. The molecule has 32 heavy (non-hydrogen) atoms.